The Morgan fingerprint density at radius 2 is 2.05 bits per heavy atom. The highest BCUT2D eigenvalue weighted by atomic mass is 35.5. The molecule has 102 valence electrons. The SMILES string of the molecule is CS(=O)(=O)OCCc1cc2[nH]c(=O)ccc2cc1Cl. The summed E-state index contributed by atoms with van der Waals surface area (Å²) in [4.78, 5) is 13.9. The van der Waals surface area contributed by atoms with Gasteiger partial charge in [-0.1, -0.05) is 11.6 Å². The van der Waals surface area contributed by atoms with Crippen LogP contribution in [0.1, 0.15) is 5.56 Å². The van der Waals surface area contributed by atoms with Gasteiger partial charge in [0.2, 0.25) is 5.56 Å². The fourth-order valence-electron chi connectivity index (χ4n) is 1.71. The molecule has 1 aromatic heterocycles. The highest BCUT2D eigenvalue weighted by Crippen LogP contribution is 2.22. The second-order valence-electron chi connectivity index (χ2n) is 4.13. The van der Waals surface area contributed by atoms with Crippen LogP contribution in [0.5, 0.6) is 0 Å². The molecule has 0 fully saturated rings. The zero-order valence-electron chi connectivity index (χ0n) is 10.1. The molecular weight excluding hydrogens is 290 g/mol. The highest BCUT2D eigenvalue weighted by Gasteiger charge is 2.06. The Hall–Kier alpha value is -1.37. The number of fused-ring (bicyclic) bond motifs is 1. The normalized spacial score (nSPS) is 11.9. The van der Waals surface area contributed by atoms with Crippen LogP contribution in [0.3, 0.4) is 0 Å². The lowest BCUT2D eigenvalue weighted by atomic mass is 10.1. The molecule has 5 nitrogen and oxygen atoms in total. The Morgan fingerprint density at radius 1 is 1.32 bits per heavy atom. The number of hydrogen-bond acceptors (Lipinski definition) is 4. The summed E-state index contributed by atoms with van der Waals surface area (Å²) in [7, 11) is -3.46. The molecular formula is C12H12ClNO4S. The number of hydrogen-bond donors (Lipinski definition) is 1. The largest absolute Gasteiger partial charge is 0.322 e. The number of H-pyrrole nitrogens is 1. The summed E-state index contributed by atoms with van der Waals surface area (Å²) >= 11 is 6.10. The van der Waals surface area contributed by atoms with Crippen molar-refractivity contribution in [2.24, 2.45) is 0 Å². The third kappa shape index (κ3) is 3.79. The standard InChI is InChI=1S/C12H12ClNO4S/c1-19(16,17)18-5-4-8-7-11-9(6-10(8)13)2-3-12(15)14-11/h2-3,6-7H,4-5H2,1H3,(H,14,15). The number of halogens is 1. The molecule has 2 rings (SSSR count). The zero-order chi connectivity index (χ0) is 14.0. The maximum Gasteiger partial charge on any atom is 0.264 e. The predicted molar refractivity (Wildman–Crippen MR) is 74.1 cm³/mol. The van der Waals surface area contributed by atoms with Gasteiger partial charge >= 0.3 is 0 Å². The summed E-state index contributed by atoms with van der Waals surface area (Å²) in [5.41, 5.74) is 1.18. The van der Waals surface area contributed by atoms with Crippen LogP contribution in [0, 0.1) is 0 Å². The first-order chi connectivity index (χ1) is 8.85. The molecule has 1 heterocycles. The fourth-order valence-corrected chi connectivity index (χ4v) is 2.37. The molecule has 0 aliphatic carbocycles. The molecule has 0 atom stereocenters. The van der Waals surface area contributed by atoms with Gasteiger partial charge in [-0.05, 0) is 35.6 Å². The van der Waals surface area contributed by atoms with Gasteiger partial charge in [0.15, 0.2) is 0 Å². The first-order valence-corrected chi connectivity index (χ1v) is 7.70. The predicted octanol–water partition coefficient (Wildman–Crippen LogP) is 1.70. The van der Waals surface area contributed by atoms with E-state index in [9.17, 15) is 13.2 Å². The van der Waals surface area contributed by atoms with Crippen LogP contribution in [-0.4, -0.2) is 26.3 Å². The summed E-state index contributed by atoms with van der Waals surface area (Å²) in [5, 5.41) is 1.33. The minimum atomic E-state index is -3.46. The molecule has 19 heavy (non-hydrogen) atoms. The molecule has 0 aliphatic rings. The van der Waals surface area contributed by atoms with Crippen LogP contribution in [0.2, 0.25) is 5.02 Å². The van der Waals surface area contributed by atoms with E-state index < -0.39 is 10.1 Å². The maximum absolute atomic E-state index is 11.2. The highest BCUT2D eigenvalue weighted by molar-refractivity contribution is 7.85. The van der Waals surface area contributed by atoms with Gasteiger partial charge in [0.25, 0.3) is 10.1 Å². The van der Waals surface area contributed by atoms with E-state index in [0.717, 1.165) is 17.2 Å². The average molecular weight is 302 g/mol. The van der Waals surface area contributed by atoms with Crippen molar-refractivity contribution in [3.05, 3.63) is 45.2 Å². The number of benzene rings is 1. The van der Waals surface area contributed by atoms with Gasteiger partial charge < -0.3 is 4.98 Å². The van der Waals surface area contributed by atoms with Crippen molar-refractivity contribution in [3.8, 4) is 0 Å². The summed E-state index contributed by atoms with van der Waals surface area (Å²) in [5.74, 6) is 0. The van der Waals surface area contributed by atoms with E-state index in [0.29, 0.717) is 17.0 Å². The Balaban J connectivity index is 2.28. The monoisotopic (exact) mass is 301 g/mol. The third-order valence-corrected chi connectivity index (χ3v) is 3.51. The number of pyridine rings is 1. The minimum absolute atomic E-state index is 0.0150. The molecule has 2 aromatic rings. The molecule has 0 bridgehead atoms. The van der Waals surface area contributed by atoms with E-state index in [2.05, 4.69) is 9.17 Å². The van der Waals surface area contributed by atoms with E-state index in [1.54, 1.807) is 18.2 Å². The Bertz CT molecular complexity index is 767. The van der Waals surface area contributed by atoms with Gasteiger partial charge in [0.05, 0.1) is 12.9 Å². The van der Waals surface area contributed by atoms with Crippen molar-refractivity contribution in [3.63, 3.8) is 0 Å². The smallest absolute Gasteiger partial charge is 0.264 e. The molecule has 0 saturated heterocycles. The van der Waals surface area contributed by atoms with Crippen molar-refractivity contribution in [2.45, 2.75) is 6.42 Å². The molecule has 0 saturated carbocycles. The Morgan fingerprint density at radius 3 is 2.74 bits per heavy atom. The van der Waals surface area contributed by atoms with Gasteiger partial charge in [-0.2, -0.15) is 8.42 Å². The van der Waals surface area contributed by atoms with Crippen molar-refractivity contribution in [2.75, 3.05) is 12.9 Å². The first kappa shape index (κ1) is 14.0. The Labute approximate surface area is 115 Å². The summed E-state index contributed by atoms with van der Waals surface area (Å²) < 4.78 is 26.4. The number of nitrogens with one attached hydrogen (secondary N) is 1. The molecule has 7 heteroatoms. The molecule has 1 aromatic carbocycles. The lowest BCUT2D eigenvalue weighted by molar-refractivity contribution is 0.326. The lowest BCUT2D eigenvalue weighted by Gasteiger charge is -2.06. The molecule has 0 unspecified atom stereocenters. The third-order valence-electron chi connectivity index (χ3n) is 2.56. The van der Waals surface area contributed by atoms with Gasteiger partial charge in [-0.15, -0.1) is 0 Å². The first-order valence-electron chi connectivity index (χ1n) is 5.51. The average Bonchev–Trinajstić information content (AvgIpc) is 2.29. The number of rotatable bonds is 4. The summed E-state index contributed by atoms with van der Waals surface area (Å²) in [6.07, 6.45) is 1.34. The maximum atomic E-state index is 11.2. The zero-order valence-corrected chi connectivity index (χ0v) is 11.7. The molecule has 0 aliphatic heterocycles. The van der Waals surface area contributed by atoms with Gasteiger partial charge in [-0.3, -0.25) is 8.98 Å². The van der Waals surface area contributed by atoms with Crippen molar-refractivity contribution in [1.29, 1.82) is 0 Å². The number of aromatic amines is 1. The fraction of sp³-hybridized carbons (Fsp3) is 0.250. The van der Waals surface area contributed by atoms with Gasteiger partial charge in [0.1, 0.15) is 0 Å². The van der Waals surface area contributed by atoms with E-state index in [-0.39, 0.29) is 12.2 Å². The van der Waals surface area contributed by atoms with Crippen molar-refractivity contribution < 1.29 is 12.6 Å². The quantitative estimate of drug-likeness (QED) is 0.872. The van der Waals surface area contributed by atoms with E-state index in [1.807, 2.05) is 0 Å². The molecule has 1 N–H and O–H groups in total. The number of aromatic nitrogens is 1. The van der Waals surface area contributed by atoms with Crippen LogP contribution < -0.4 is 5.56 Å². The summed E-state index contributed by atoms with van der Waals surface area (Å²) in [6, 6.07) is 6.55. The van der Waals surface area contributed by atoms with Crippen LogP contribution in [0.15, 0.2) is 29.1 Å². The van der Waals surface area contributed by atoms with E-state index in [1.165, 1.54) is 6.07 Å². The van der Waals surface area contributed by atoms with Gasteiger partial charge in [0, 0.05) is 16.6 Å². The Kier molecular flexibility index (Phi) is 3.93. The lowest BCUT2D eigenvalue weighted by Crippen LogP contribution is -2.07. The van der Waals surface area contributed by atoms with Crippen LogP contribution >= 0.6 is 11.6 Å². The second-order valence-corrected chi connectivity index (χ2v) is 6.18. The summed E-state index contributed by atoms with van der Waals surface area (Å²) in [6.45, 7) is 0.0150. The minimum Gasteiger partial charge on any atom is -0.322 e. The molecule has 0 spiro atoms. The van der Waals surface area contributed by atoms with Gasteiger partial charge in [-0.25, -0.2) is 0 Å². The topological polar surface area (TPSA) is 76.2 Å². The van der Waals surface area contributed by atoms with E-state index in [4.69, 9.17) is 11.6 Å². The van der Waals surface area contributed by atoms with Crippen molar-refractivity contribution >= 4 is 32.6 Å². The molecule has 0 radical (unpaired) electrons. The van der Waals surface area contributed by atoms with E-state index >= 15 is 0 Å². The van der Waals surface area contributed by atoms with Crippen LogP contribution in [0.25, 0.3) is 10.9 Å². The van der Waals surface area contributed by atoms with Crippen LogP contribution in [-0.2, 0) is 20.7 Å². The molecule has 0 amide bonds. The second kappa shape index (κ2) is 5.32. The van der Waals surface area contributed by atoms with Crippen molar-refractivity contribution in [1.82, 2.24) is 4.98 Å². The van der Waals surface area contributed by atoms with Crippen LogP contribution in [0.4, 0.5) is 0 Å².